The molecule has 1 aliphatic heterocycles. The normalized spacial score (nSPS) is 12.2. The Hall–Kier alpha value is -4.09. The highest BCUT2D eigenvalue weighted by Crippen LogP contribution is 2.40. The van der Waals surface area contributed by atoms with Crippen molar-refractivity contribution in [3.8, 4) is 11.5 Å². The van der Waals surface area contributed by atoms with Crippen LogP contribution in [0.1, 0.15) is 52.6 Å². The van der Waals surface area contributed by atoms with E-state index in [1.165, 1.54) is 0 Å². The van der Waals surface area contributed by atoms with E-state index in [1.54, 1.807) is 0 Å². The predicted molar refractivity (Wildman–Crippen MR) is 88.1 cm³/mol. The molecule has 0 saturated heterocycles. The first-order valence-electron chi connectivity index (χ1n) is 7.89. The van der Waals surface area contributed by atoms with E-state index in [0.717, 1.165) is 24.3 Å². The van der Waals surface area contributed by atoms with Gasteiger partial charge >= 0.3 is 30.2 Å². The first-order chi connectivity index (χ1) is 13.9. The SMILES string of the molecule is O=C(O)c1cc2c(cc1C(=O)O)Oc1cc(C(=O)O)c(C(=O)OC(F)(F)F)cc1C2. The molecule has 1 heterocycles. The van der Waals surface area contributed by atoms with Gasteiger partial charge in [-0.05, 0) is 24.3 Å². The van der Waals surface area contributed by atoms with Gasteiger partial charge in [0.15, 0.2) is 0 Å². The lowest BCUT2D eigenvalue weighted by Crippen LogP contribution is -2.22. The zero-order chi connectivity index (χ0) is 22.4. The van der Waals surface area contributed by atoms with Crippen molar-refractivity contribution < 1.29 is 57.1 Å². The summed E-state index contributed by atoms with van der Waals surface area (Å²) in [6, 6.07) is 3.60. The monoisotopic (exact) mass is 426 g/mol. The van der Waals surface area contributed by atoms with Crippen molar-refractivity contribution in [3.05, 3.63) is 57.6 Å². The number of rotatable bonds is 4. The molecule has 0 fully saturated rings. The summed E-state index contributed by atoms with van der Waals surface area (Å²) in [7, 11) is 0. The molecular formula is C18H9F3O9. The van der Waals surface area contributed by atoms with Crippen LogP contribution in [0.5, 0.6) is 11.5 Å². The Kier molecular flexibility index (Phi) is 4.86. The number of halogens is 3. The third kappa shape index (κ3) is 3.87. The lowest BCUT2D eigenvalue weighted by Gasteiger charge is -2.23. The molecule has 0 saturated carbocycles. The van der Waals surface area contributed by atoms with Crippen LogP contribution in [0.25, 0.3) is 0 Å². The molecule has 2 aromatic rings. The summed E-state index contributed by atoms with van der Waals surface area (Å²) < 4.78 is 45.8. The first-order valence-corrected chi connectivity index (χ1v) is 7.89. The van der Waals surface area contributed by atoms with Crippen LogP contribution in [0, 0.1) is 0 Å². The second-order valence-electron chi connectivity index (χ2n) is 6.04. The van der Waals surface area contributed by atoms with Crippen molar-refractivity contribution in [2.75, 3.05) is 0 Å². The lowest BCUT2D eigenvalue weighted by atomic mass is 9.93. The minimum atomic E-state index is -5.34. The van der Waals surface area contributed by atoms with Crippen LogP contribution in [0.4, 0.5) is 13.2 Å². The molecule has 0 aliphatic carbocycles. The van der Waals surface area contributed by atoms with Crippen LogP contribution in [0.15, 0.2) is 24.3 Å². The molecule has 0 atom stereocenters. The van der Waals surface area contributed by atoms with Gasteiger partial charge < -0.3 is 24.8 Å². The Balaban J connectivity index is 2.11. The number of carbonyl (C=O) groups excluding carboxylic acids is 1. The molecule has 2 aromatic carbocycles. The van der Waals surface area contributed by atoms with Gasteiger partial charge in [0, 0.05) is 17.5 Å². The molecule has 0 aromatic heterocycles. The molecule has 9 nitrogen and oxygen atoms in total. The lowest BCUT2D eigenvalue weighted by molar-refractivity contribution is -0.291. The molecular weight excluding hydrogens is 417 g/mol. The van der Waals surface area contributed by atoms with Gasteiger partial charge in [0.25, 0.3) is 0 Å². The summed E-state index contributed by atoms with van der Waals surface area (Å²) >= 11 is 0. The number of ether oxygens (including phenoxy) is 2. The number of fused-ring (bicyclic) bond motifs is 2. The van der Waals surface area contributed by atoms with Crippen molar-refractivity contribution >= 4 is 23.9 Å². The molecule has 156 valence electrons. The number of aromatic carboxylic acids is 3. The molecule has 0 spiro atoms. The standard InChI is InChI=1S/C18H9F3O9/c19-18(20,21)30-17(28)11-3-7-1-6-2-8(14(22)23)9(15(24)25)4-12(6)29-13(7)5-10(11)16(26)27/h2-5H,1H2,(H,22,23)(H,24,25)(H,26,27). The van der Waals surface area contributed by atoms with Crippen LogP contribution in [0.2, 0.25) is 0 Å². The number of carboxylic acid groups (broad SMARTS) is 3. The van der Waals surface area contributed by atoms with Crippen molar-refractivity contribution in [1.82, 2.24) is 0 Å². The van der Waals surface area contributed by atoms with Crippen LogP contribution >= 0.6 is 0 Å². The van der Waals surface area contributed by atoms with Crippen molar-refractivity contribution in [2.45, 2.75) is 12.8 Å². The van der Waals surface area contributed by atoms with Gasteiger partial charge in [0.1, 0.15) is 11.5 Å². The maximum Gasteiger partial charge on any atom is 0.575 e. The molecule has 0 bridgehead atoms. The van der Waals surface area contributed by atoms with Crippen LogP contribution in [-0.2, 0) is 11.2 Å². The summed E-state index contributed by atoms with van der Waals surface area (Å²) in [4.78, 5) is 45.8. The summed E-state index contributed by atoms with van der Waals surface area (Å²) in [6.07, 6.45) is -5.51. The average Bonchev–Trinajstić information content (AvgIpc) is 2.62. The zero-order valence-corrected chi connectivity index (χ0v) is 14.4. The molecule has 0 unspecified atom stereocenters. The minimum absolute atomic E-state index is 0.0704. The number of carbonyl (C=O) groups is 4. The number of hydrogen-bond acceptors (Lipinski definition) is 6. The van der Waals surface area contributed by atoms with Crippen LogP contribution in [-0.4, -0.2) is 45.6 Å². The fourth-order valence-electron chi connectivity index (χ4n) is 2.90. The fourth-order valence-corrected chi connectivity index (χ4v) is 2.90. The highest BCUT2D eigenvalue weighted by molar-refractivity contribution is 6.04. The maximum absolute atomic E-state index is 12.4. The predicted octanol–water partition coefficient (Wildman–Crippen LogP) is 3.15. The molecule has 3 rings (SSSR count). The van der Waals surface area contributed by atoms with Gasteiger partial charge in [-0.2, -0.15) is 0 Å². The highest BCUT2D eigenvalue weighted by atomic mass is 19.4. The molecule has 12 heteroatoms. The van der Waals surface area contributed by atoms with E-state index in [1.807, 2.05) is 0 Å². The smallest absolute Gasteiger partial charge is 0.478 e. The Bertz CT molecular complexity index is 1120. The maximum atomic E-state index is 12.4. The Morgan fingerprint density at radius 1 is 0.767 bits per heavy atom. The number of alkyl halides is 3. The third-order valence-corrected chi connectivity index (χ3v) is 4.12. The topological polar surface area (TPSA) is 147 Å². The van der Waals surface area contributed by atoms with Crippen LogP contribution in [0.3, 0.4) is 0 Å². The summed E-state index contributed by atoms with van der Waals surface area (Å²) in [6.45, 7) is 0. The second kappa shape index (κ2) is 7.06. The van der Waals surface area contributed by atoms with Crippen molar-refractivity contribution in [3.63, 3.8) is 0 Å². The summed E-state index contributed by atoms with van der Waals surface area (Å²) in [5.41, 5.74) is -2.59. The van der Waals surface area contributed by atoms with Gasteiger partial charge in [-0.1, -0.05) is 0 Å². The quantitative estimate of drug-likeness (QED) is 0.535. The molecule has 1 aliphatic rings. The molecule has 30 heavy (non-hydrogen) atoms. The van der Waals surface area contributed by atoms with E-state index in [0.29, 0.717) is 0 Å². The highest BCUT2D eigenvalue weighted by Gasteiger charge is 2.36. The van der Waals surface area contributed by atoms with Gasteiger partial charge in [0.2, 0.25) is 0 Å². The van der Waals surface area contributed by atoms with Crippen molar-refractivity contribution in [2.24, 2.45) is 0 Å². The first kappa shape index (κ1) is 20.6. The third-order valence-electron chi connectivity index (χ3n) is 4.12. The van der Waals surface area contributed by atoms with E-state index in [4.69, 9.17) is 4.74 Å². The van der Waals surface area contributed by atoms with E-state index < -0.39 is 52.5 Å². The Morgan fingerprint density at radius 2 is 1.17 bits per heavy atom. The number of benzene rings is 2. The minimum Gasteiger partial charge on any atom is -0.478 e. The summed E-state index contributed by atoms with van der Waals surface area (Å²) in [5, 5.41) is 27.6. The van der Waals surface area contributed by atoms with Gasteiger partial charge in [0.05, 0.1) is 22.3 Å². The number of hydrogen-bond donors (Lipinski definition) is 3. The number of esters is 1. The van der Waals surface area contributed by atoms with Gasteiger partial charge in [-0.15, -0.1) is 13.2 Å². The Labute approximate surface area is 163 Å². The van der Waals surface area contributed by atoms with E-state index in [-0.39, 0.29) is 29.0 Å². The fraction of sp³-hybridized carbons (Fsp3) is 0.111. The molecule has 0 amide bonds. The number of carboxylic acids is 3. The second-order valence-corrected chi connectivity index (χ2v) is 6.04. The average molecular weight is 426 g/mol. The molecule has 3 N–H and O–H groups in total. The van der Waals surface area contributed by atoms with Gasteiger partial charge in [-0.3, -0.25) is 0 Å². The van der Waals surface area contributed by atoms with Crippen LogP contribution < -0.4 is 4.74 Å². The molecule has 0 radical (unpaired) electrons. The van der Waals surface area contributed by atoms with E-state index in [2.05, 4.69) is 4.74 Å². The van der Waals surface area contributed by atoms with Gasteiger partial charge in [-0.25, -0.2) is 19.2 Å². The summed E-state index contributed by atoms with van der Waals surface area (Å²) in [5.74, 6) is -6.97. The zero-order valence-electron chi connectivity index (χ0n) is 14.4. The van der Waals surface area contributed by atoms with E-state index in [9.17, 15) is 47.7 Å². The van der Waals surface area contributed by atoms with E-state index >= 15 is 0 Å². The van der Waals surface area contributed by atoms with Crippen molar-refractivity contribution in [1.29, 1.82) is 0 Å². The largest absolute Gasteiger partial charge is 0.575 e. The Morgan fingerprint density at radius 3 is 1.60 bits per heavy atom.